The molecule has 1 saturated carbocycles. The van der Waals surface area contributed by atoms with Crippen molar-refractivity contribution in [3.05, 3.63) is 47.6 Å². The molecule has 376 valence electrons. The first-order valence-corrected chi connectivity index (χ1v) is 24.8. The molecule has 2 bridgehead atoms. The Balaban J connectivity index is 1.64. The highest BCUT2D eigenvalue weighted by atomic mass is 16.6. The van der Waals surface area contributed by atoms with Crippen molar-refractivity contribution in [2.75, 3.05) is 41.1 Å². The van der Waals surface area contributed by atoms with Crippen LogP contribution in [0, 0.1) is 29.6 Å². The van der Waals surface area contributed by atoms with Crippen molar-refractivity contribution >= 4 is 17.5 Å². The molecule has 14 nitrogen and oxygen atoms in total. The van der Waals surface area contributed by atoms with E-state index in [2.05, 4.69) is 0 Å². The van der Waals surface area contributed by atoms with Gasteiger partial charge >= 0.3 is 5.97 Å². The molecule has 0 radical (unpaired) electrons. The molecule has 15 atom stereocenters. The number of carbonyl (C=O) groups is 3. The Labute approximate surface area is 395 Å². The summed E-state index contributed by atoms with van der Waals surface area (Å²) < 4.78 is 35.8. The minimum absolute atomic E-state index is 0.0531. The maximum absolute atomic E-state index is 14.4. The van der Waals surface area contributed by atoms with Crippen LogP contribution in [-0.2, 0) is 42.8 Å². The number of carbonyl (C=O) groups excluding carboxylic acids is 3. The standard InChI is InChI=1S/C52H85NO13/c1-33-15-11-10-12-16-35(3)44(61-7)32-41-23-19-38(6)52(60,66-41)49(57)50(58)53-26-14-13-17-42(53)51(59)65-40(24-20-39-21-25-43(64-28-27-54)45(31-39)62-8)22-18-34(2)30-37(5)47(56)48(63-9)46(55)36(4)29-33/h10-12,15-16,30,33-34,36,38-45,47-48,50,54,56,58,60H,13-14,17-29,31-32H2,1-9H3/b12-10?,15-11+,35-16?,37-30+/t33-,34+,36-,38-,39-,40+,41+,42+,43-,44+,45-,47-,48+,50?,52-/m1/s1. The summed E-state index contributed by atoms with van der Waals surface area (Å²) in [4.78, 5) is 43.8. The number of piperidine rings is 1. The number of ketones is 2. The Morgan fingerprint density at radius 1 is 0.788 bits per heavy atom. The van der Waals surface area contributed by atoms with Crippen molar-refractivity contribution in [2.45, 2.75) is 192 Å². The fourth-order valence-corrected chi connectivity index (χ4v) is 10.5. The van der Waals surface area contributed by atoms with Gasteiger partial charge in [-0.25, -0.2) is 0 Å². The maximum atomic E-state index is 14.4. The van der Waals surface area contributed by atoms with E-state index >= 15 is 0 Å². The van der Waals surface area contributed by atoms with Crippen molar-refractivity contribution in [3.63, 3.8) is 0 Å². The van der Waals surface area contributed by atoms with Crippen LogP contribution in [0.25, 0.3) is 0 Å². The number of fused-ring (bicyclic) bond motifs is 3. The van der Waals surface area contributed by atoms with Crippen molar-refractivity contribution in [1.82, 2.24) is 4.90 Å². The van der Waals surface area contributed by atoms with E-state index in [0.717, 1.165) is 31.3 Å². The molecule has 0 aromatic heterocycles. The number of esters is 1. The lowest BCUT2D eigenvalue weighted by atomic mass is 9.81. The van der Waals surface area contributed by atoms with Gasteiger partial charge < -0.3 is 48.8 Å². The van der Waals surface area contributed by atoms with Crippen LogP contribution in [0.4, 0.5) is 0 Å². The molecular weight excluding hydrogens is 847 g/mol. The number of hydrogen-bond acceptors (Lipinski definition) is 14. The van der Waals surface area contributed by atoms with Crippen molar-refractivity contribution < 1.29 is 63.2 Å². The number of hydrogen-bond donors (Lipinski definition) is 4. The molecule has 0 spiro atoms. The highest BCUT2D eigenvalue weighted by molar-refractivity contribution is 5.90. The van der Waals surface area contributed by atoms with Gasteiger partial charge in [0.05, 0.1) is 37.6 Å². The predicted octanol–water partition coefficient (Wildman–Crippen LogP) is 6.56. The summed E-state index contributed by atoms with van der Waals surface area (Å²) in [7, 11) is 4.73. The molecule has 0 amide bonds. The van der Waals surface area contributed by atoms with Crippen molar-refractivity contribution in [2.24, 2.45) is 29.6 Å². The summed E-state index contributed by atoms with van der Waals surface area (Å²) in [6.07, 6.45) is 14.8. The zero-order chi connectivity index (χ0) is 48.6. The molecule has 4 N–H and O–H groups in total. The lowest BCUT2D eigenvalue weighted by Crippen LogP contribution is -2.62. The molecule has 4 aliphatic rings. The third-order valence-corrected chi connectivity index (χ3v) is 14.7. The van der Waals surface area contributed by atoms with E-state index in [9.17, 15) is 34.8 Å². The van der Waals surface area contributed by atoms with E-state index in [1.807, 2.05) is 64.2 Å². The summed E-state index contributed by atoms with van der Waals surface area (Å²) in [5.41, 5.74) is 1.54. The third kappa shape index (κ3) is 15.7. The molecular formula is C52H85NO13. The minimum Gasteiger partial charge on any atom is -0.461 e. The van der Waals surface area contributed by atoms with Gasteiger partial charge in [0.15, 0.2) is 12.0 Å². The zero-order valence-corrected chi connectivity index (χ0v) is 41.5. The van der Waals surface area contributed by atoms with Crippen LogP contribution in [-0.4, -0.2) is 145 Å². The van der Waals surface area contributed by atoms with Crippen LogP contribution >= 0.6 is 0 Å². The SMILES string of the molecule is CO[C@H]1C[C@@H]2CC[C@@H](C)[C@@](O)(O2)C(=O)C(O)N2CCCC[C@H]2C(=O)O[C@H](CC[C@@H]2CC[C@@H](OCCO)[C@H](OC)C2)CC[C@H](C)/C=C(\C)[C@@H](O)[C@@H](OC)C(=O)[C@H](C)C[C@H](C)/C=C/C=CC=C1C. The normalized spacial score (nSPS) is 39.6. The number of allylic oxidation sites excluding steroid dienone is 6. The smallest absolute Gasteiger partial charge is 0.323 e. The Bertz CT molecular complexity index is 1650. The Morgan fingerprint density at radius 3 is 2.24 bits per heavy atom. The van der Waals surface area contributed by atoms with Crippen LogP contribution in [0.15, 0.2) is 47.6 Å². The second-order valence-corrected chi connectivity index (χ2v) is 19.8. The Hall–Kier alpha value is -2.63. The fourth-order valence-electron chi connectivity index (χ4n) is 10.5. The molecule has 3 aliphatic heterocycles. The highest BCUT2D eigenvalue weighted by Gasteiger charge is 2.53. The second kappa shape index (κ2) is 27.5. The molecule has 66 heavy (non-hydrogen) atoms. The van der Waals surface area contributed by atoms with Crippen LogP contribution < -0.4 is 0 Å². The summed E-state index contributed by atoms with van der Waals surface area (Å²) in [6.45, 7) is 11.9. The number of methoxy groups -OCH3 is 3. The first-order valence-electron chi connectivity index (χ1n) is 24.8. The van der Waals surface area contributed by atoms with Gasteiger partial charge in [-0.15, -0.1) is 0 Å². The van der Waals surface area contributed by atoms with E-state index < -0.39 is 60.1 Å². The average molecular weight is 932 g/mol. The number of cyclic esters (lactones) is 1. The highest BCUT2D eigenvalue weighted by Crippen LogP contribution is 2.38. The molecule has 0 aromatic carbocycles. The quantitative estimate of drug-likeness (QED) is 0.144. The van der Waals surface area contributed by atoms with Gasteiger partial charge in [-0.2, -0.15) is 0 Å². The van der Waals surface area contributed by atoms with Gasteiger partial charge in [0.2, 0.25) is 11.6 Å². The lowest BCUT2D eigenvalue weighted by molar-refractivity contribution is -0.275. The van der Waals surface area contributed by atoms with Crippen LogP contribution in [0.2, 0.25) is 0 Å². The topological polar surface area (TPSA) is 191 Å². The lowest BCUT2D eigenvalue weighted by Gasteiger charge is -2.44. The Kier molecular flexibility index (Phi) is 23.3. The number of aliphatic hydroxyl groups excluding tert-OH is 3. The molecule has 4 rings (SSSR count). The summed E-state index contributed by atoms with van der Waals surface area (Å²) in [6, 6.07) is -0.913. The molecule has 1 unspecified atom stereocenters. The number of ether oxygens (including phenoxy) is 6. The molecule has 3 fully saturated rings. The van der Waals surface area contributed by atoms with E-state index in [1.165, 1.54) is 12.0 Å². The maximum Gasteiger partial charge on any atom is 0.323 e. The van der Waals surface area contributed by atoms with Gasteiger partial charge in [0, 0.05) is 46.1 Å². The first kappa shape index (κ1) is 56.0. The van der Waals surface area contributed by atoms with Gasteiger partial charge in [-0.05, 0) is 120 Å². The van der Waals surface area contributed by atoms with Gasteiger partial charge in [-0.3, -0.25) is 19.3 Å². The molecule has 2 saturated heterocycles. The van der Waals surface area contributed by atoms with Crippen molar-refractivity contribution in [3.8, 4) is 0 Å². The number of Topliss-reactive ketones (excluding diaryl/α,β-unsaturated/α-hetero) is 2. The minimum atomic E-state index is -2.28. The fraction of sp³-hybridized carbons (Fsp3) is 0.788. The molecule has 1 aliphatic carbocycles. The summed E-state index contributed by atoms with van der Waals surface area (Å²) in [5.74, 6) is -4.51. The average Bonchev–Trinajstić information content (AvgIpc) is 3.31. The summed E-state index contributed by atoms with van der Waals surface area (Å²) >= 11 is 0. The van der Waals surface area contributed by atoms with E-state index in [0.29, 0.717) is 75.7 Å². The van der Waals surface area contributed by atoms with Gasteiger partial charge in [0.1, 0.15) is 24.4 Å². The number of rotatable bonds is 9. The zero-order valence-electron chi connectivity index (χ0n) is 41.5. The van der Waals surface area contributed by atoms with E-state index in [1.54, 1.807) is 28.1 Å². The van der Waals surface area contributed by atoms with Gasteiger partial charge in [0.25, 0.3) is 0 Å². The molecule has 3 heterocycles. The van der Waals surface area contributed by atoms with Gasteiger partial charge in [-0.1, -0.05) is 70.6 Å². The summed E-state index contributed by atoms with van der Waals surface area (Å²) in [5, 5.41) is 44.6. The molecule has 14 heteroatoms. The van der Waals surface area contributed by atoms with E-state index in [-0.39, 0.29) is 61.6 Å². The second-order valence-electron chi connectivity index (χ2n) is 19.8. The molecule has 0 aromatic rings. The van der Waals surface area contributed by atoms with Crippen molar-refractivity contribution in [1.29, 1.82) is 0 Å². The van der Waals surface area contributed by atoms with Crippen LogP contribution in [0.5, 0.6) is 0 Å². The van der Waals surface area contributed by atoms with E-state index in [4.69, 9.17) is 28.4 Å². The monoisotopic (exact) mass is 932 g/mol. The largest absolute Gasteiger partial charge is 0.461 e. The third-order valence-electron chi connectivity index (χ3n) is 14.7. The predicted molar refractivity (Wildman–Crippen MR) is 252 cm³/mol. The number of aliphatic hydroxyl groups is 4. The van der Waals surface area contributed by atoms with Crippen LogP contribution in [0.3, 0.4) is 0 Å². The number of nitrogens with zero attached hydrogens (tertiary/aromatic N) is 1. The Morgan fingerprint density at radius 2 is 1.55 bits per heavy atom. The first-order chi connectivity index (χ1) is 31.5. The van der Waals surface area contributed by atoms with Crippen LogP contribution in [0.1, 0.15) is 131 Å².